The molecule has 2 aliphatic rings. The van der Waals surface area contributed by atoms with Crippen LogP contribution in [0.2, 0.25) is 0 Å². The molecule has 0 radical (unpaired) electrons. The Hall–Kier alpha value is -3.12. The molecule has 0 saturated carbocycles. The number of aliphatic hydroxyl groups is 1. The van der Waals surface area contributed by atoms with E-state index in [1.54, 1.807) is 18.2 Å². The Morgan fingerprint density at radius 3 is 2.56 bits per heavy atom. The van der Waals surface area contributed by atoms with Crippen molar-refractivity contribution in [3.8, 4) is 17.0 Å². The van der Waals surface area contributed by atoms with Crippen molar-refractivity contribution in [1.29, 1.82) is 0 Å². The van der Waals surface area contributed by atoms with Gasteiger partial charge in [0.15, 0.2) is 0 Å². The molecule has 2 aromatic rings. The number of nitrogens with one attached hydrogen (secondary N) is 1. The summed E-state index contributed by atoms with van der Waals surface area (Å²) in [5, 5.41) is 11.9. The summed E-state index contributed by atoms with van der Waals surface area (Å²) in [7, 11) is 0. The van der Waals surface area contributed by atoms with Gasteiger partial charge >= 0.3 is 12.2 Å². The highest BCUT2D eigenvalue weighted by atomic mass is 19.4. The number of aliphatic hydroxyl groups excluding tert-OH is 1. The zero-order valence-corrected chi connectivity index (χ0v) is 22.3. The molecule has 3 heterocycles. The van der Waals surface area contributed by atoms with Gasteiger partial charge in [-0.15, -0.1) is 0 Å². The molecule has 0 aliphatic carbocycles. The Labute approximate surface area is 224 Å². The molecule has 2 N–H and O–H groups in total. The number of likely N-dealkylation sites (tertiary alicyclic amines) is 1. The molecule has 1 unspecified atom stereocenters. The van der Waals surface area contributed by atoms with Gasteiger partial charge in [0.25, 0.3) is 0 Å². The van der Waals surface area contributed by atoms with Crippen LogP contribution in [0.1, 0.15) is 25.8 Å². The molecule has 1 aromatic carbocycles. The van der Waals surface area contributed by atoms with E-state index >= 15 is 4.39 Å². The molecule has 2 aliphatic heterocycles. The lowest BCUT2D eigenvalue weighted by atomic mass is 9.75. The third-order valence-electron chi connectivity index (χ3n) is 7.60. The monoisotopic (exact) mass is 554 g/mol. The average molecular weight is 555 g/mol. The van der Waals surface area contributed by atoms with E-state index in [1.807, 2.05) is 19.1 Å². The van der Waals surface area contributed by atoms with Crippen LogP contribution in [-0.4, -0.2) is 85.5 Å². The normalized spacial score (nSPS) is 20.3. The molecule has 4 rings (SSSR count). The number of carbonyl (C=O) groups excluding carboxylic acids is 1. The number of nitrogens with zero attached hydrogens (tertiary/aromatic N) is 3. The van der Waals surface area contributed by atoms with E-state index in [9.17, 15) is 23.1 Å². The zero-order valence-electron chi connectivity index (χ0n) is 22.3. The van der Waals surface area contributed by atoms with Gasteiger partial charge in [0.2, 0.25) is 5.88 Å². The number of amides is 2. The zero-order chi connectivity index (χ0) is 28.4. The summed E-state index contributed by atoms with van der Waals surface area (Å²) in [6.07, 6.45) is -5.14. The maximum Gasteiger partial charge on any atom is 0.397 e. The third kappa shape index (κ3) is 6.06. The van der Waals surface area contributed by atoms with Crippen molar-refractivity contribution in [3.05, 3.63) is 35.9 Å². The van der Waals surface area contributed by atoms with Crippen molar-refractivity contribution >= 4 is 17.5 Å². The van der Waals surface area contributed by atoms with Crippen LogP contribution in [0, 0.1) is 12.3 Å². The van der Waals surface area contributed by atoms with Crippen LogP contribution in [0.25, 0.3) is 11.1 Å². The molecule has 0 bridgehead atoms. The second-order valence-electron chi connectivity index (χ2n) is 10.4. The van der Waals surface area contributed by atoms with E-state index in [-0.39, 0.29) is 19.8 Å². The third-order valence-corrected chi connectivity index (χ3v) is 7.60. The SMILES string of the molecule is Cc1ccc(NC(=O)N2CCC(F)(C(C)(C)C(F)(F)F)C2)cc1-c1cc(OCCO)nc(N2CCOCC2)c1. The number of urea groups is 1. The molecule has 0 spiro atoms. The molecule has 1 atom stereocenters. The van der Waals surface area contributed by atoms with Gasteiger partial charge in [-0.05, 0) is 55.7 Å². The summed E-state index contributed by atoms with van der Waals surface area (Å²) < 4.78 is 66.9. The van der Waals surface area contributed by atoms with E-state index in [0.717, 1.165) is 35.4 Å². The van der Waals surface area contributed by atoms with E-state index in [0.29, 0.717) is 43.7 Å². The summed E-state index contributed by atoms with van der Waals surface area (Å²) in [5.41, 5.74) is -2.33. The number of aromatic nitrogens is 1. The van der Waals surface area contributed by atoms with Crippen molar-refractivity contribution in [2.24, 2.45) is 5.41 Å². The number of rotatable bonds is 7. The fraction of sp³-hybridized carbons (Fsp3) is 0.556. The Morgan fingerprint density at radius 2 is 1.90 bits per heavy atom. The number of halogens is 4. The minimum atomic E-state index is -4.75. The van der Waals surface area contributed by atoms with Crippen molar-refractivity contribution in [2.45, 2.75) is 39.0 Å². The van der Waals surface area contributed by atoms with Gasteiger partial charge in [0, 0.05) is 37.8 Å². The predicted molar refractivity (Wildman–Crippen MR) is 139 cm³/mol. The van der Waals surface area contributed by atoms with Gasteiger partial charge in [0.05, 0.1) is 31.8 Å². The number of hydrogen-bond acceptors (Lipinski definition) is 6. The first-order valence-electron chi connectivity index (χ1n) is 12.9. The number of alkyl halides is 4. The smallest absolute Gasteiger partial charge is 0.397 e. The largest absolute Gasteiger partial charge is 0.475 e. The minimum Gasteiger partial charge on any atom is -0.475 e. The minimum absolute atomic E-state index is 0.0745. The van der Waals surface area contributed by atoms with E-state index < -0.39 is 36.3 Å². The summed E-state index contributed by atoms with van der Waals surface area (Å²) >= 11 is 0. The van der Waals surface area contributed by atoms with Gasteiger partial charge in [-0.1, -0.05) is 6.07 Å². The van der Waals surface area contributed by atoms with Crippen LogP contribution >= 0.6 is 0 Å². The maximum atomic E-state index is 15.4. The standard InChI is InChI=1S/C27H34F4N4O4/c1-18-4-5-20(32-24(37)35-7-6-26(28,17-35)25(2,3)27(29,30)31)16-21(18)19-14-22(34-8-11-38-12-9-34)33-23(15-19)39-13-10-36/h4-5,14-16,36H,6-13,17H2,1-3H3,(H,32,37). The van der Waals surface area contributed by atoms with E-state index in [1.165, 1.54) is 0 Å². The molecular formula is C27H34F4N4O4. The lowest BCUT2D eigenvalue weighted by Gasteiger charge is -2.38. The number of carbonyl (C=O) groups is 1. The number of anilines is 2. The lowest BCUT2D eigenvalue weighted by Crippen LogP contribution is -2.52. The van der Waals surface area contributed by atoms with Gasteiger partial charge in [0.1, 0.15) is 18.1 Å². The molecule has 214 valence electrons. The number of ether oxygens (including phenoxy) is 2. The van der Waals surface area contributed by atoms with Crippen LogP contribution in [-0.2, 0) is 4.74 Å². The molecule has 2 fully saturated rings. The number of benzene rings is 1. The van der Waals surface area contributed by atoms with Crippen molar-refractivity contribution in [1.82, 2.24) is 9.88 Å². The van der Waals surface area contributed by atoms with Crippen LogP contribution in [0.5, 0.6) is 5.88 Å². The first-order chi connectivity index (χ1) is 18.3. The number of pyridine rings is 1. The Bertz CT molecular complexity index is 1190. The molecule has 12 heteroatoms. The Balaban J connectivity index is 1.56. The first kappa shape index (κ1) is 28.9. The summed E-state index contributed by atoms with van der Waals surface area (Å²) in [5.74, 6) is 1.02. The maximum absolute atomic E-state index is 15.4. The Kier molecular flexibility index (Phi) is 8.27. The fourth-order valence-electron chi connectivity index (χ4n) is 4.75. The van der Waals surface area contributed by atoms with Crippen molar-refractivity contribution in [3.63, 3.8) is 0 Å². The fourth-order valence-corrected chi connectivity index (χ4v) is 4.75. The highest BCUT2D eigenvalue weighted by Crippen LogP contribution is 2.51. The second-order valence-corrected chi connectivity index (χ2v) is 10.4. The van der Waals surface area contributed by atoms with Crippen LogP contribution in [0.3, 0.4) is 0 Å². The molecule has 2 saturated heterocycles. The van der Waals surface area contributed by atoms with Gasteiger partial charge in [-0.2, -0.15) is 18.2 Å². The average Bonchev–Trinajstić information content (AvgIpc) is 3.32. The van der Waals surface area contributed by atoms with Crippen LogP contribution in [0.4, 0.5) is 33.9 Å². The number of hydrogen-bond donors (Lipinski definition) is 2. The summed E-state index contributed by atoms with van der Waals surface area (Å²) in [6, 6.07) is 8.22. The predicted octanol–water partition coefficient (Wildman–Crippen LogP) is 4.80. The Morgan fingerprint density at radius 1 is 1.18 bits per heavy atom. The summed E-state index contributed by atoms with van der Waals surface area (Å²) in [6.45, 7) is 5.14. The molecule has 2 amide bonds. The highest BCUT2D eigenvalue weighted by molar-refractivity contribution is 5.91. The first-order valence-corrected chi connectivity index (χ1v) is 12.9. The van der Waals surface area contributed by atoms with Crippen LogP contribution < -0.4 is 15.0 Å². The van der Waals surface area contributed by atoms with Crippen LogP contribution in [0.15, 0.2) is 30.3 Å². The van der Waals surface area contributed by atoms with Gasteiger partial charge < -0.3 is 29.7 Å². The lowest BCUT2D eigenvalue weighted by molar-refractivity contribution is -0.252. The molecule has 1 aromatic heterocycles. The second kappa shape index (κ2) is 11.2. The molecular weight excluding hydrogens is 520 g/mol. The quantitative estimate of drug-likeness (QED) is 0.479. The molecule has 8 nitrogen and oxygen atoms in total. The number of aryl methyl sites for hydroxylation is 1. The topological polar surface area (TPSA) is 87.2 Å². The summed E-state index contributed by atoms with van der Waals surface area (Å²) in [4.78, 5) is 20.7. The molecule has 39 heavy (non-hydrogen) atoms. The van der Waals surface area contributed by atoms with Crippen molar-refractivity contribution in [2.75, 3.05) is 62.8 Å². The number of morpholine rings is 1. The van der Waals surface area contributed by atoms with Gasteiger partial charge in [-0.25, -0.2) is 9.18 Å². The van der Waals surface area contributed by atoms with E-state index in [2.05, 4.69) is 15.2 Å². The van der Waals surface area contributed by atoms with E-state index in [4.69, 9.17) is 9.47 Å². The van der Waals surface area contributed by atoms with Crippen molar-refractivity contribution < 1.29 is 36.9 Å². The highest BCUT2D eigenvalue weighted by Gasteiger charge is 2.63. The van der Waals surface area contributed by atoms with Gasteiger partial charge in [-0.3, -0.25) is 0 Å².